The highest BCUT2D eigenvalue weighted by Gasteiger charge is 2.25. The van der Waals surface area contributed by atoms with Crippen LogP contribution < -0.4 is 10.1 Å². The lowest BCUT2D eigenvalue weighted by Gasteiger charge is -2.30. The van der Waals surface area contributed by atoms with Gasteiger partial charge in [0.15, 0.2) is 6.61 Å². The number of hydrogen-bond acceptors (Lipinski definition) is 3. The van der Waals surface area contributed by atoms with Crippen molar-refractivity contribution in [1.82, 2.24) is 5.32 Å². The minimum atomic E-state index is -0.0918. The second-order valence-corrected chi connectivity index (χ2v) is 6.47. The number of hydrogen-bond donors (Lipinski definition) is 2. The molecule has 2 N–H and O–H groups in total. The van der Waals surface area contributed by atoms with Crippen molar-refractivity contribution in [3.05, 3.63) is 29.3 Å². The van der Waals surface area contributed by atoms with E-state index in [4.69, 9.17) is 4.74 Å². The van der Waals surface area contributed by atoms with Crippen LogP contribution in [0.3, 0.4) is 0 Å². The molecule has 0 spiro atoms. The molecule has 1 aromatic rings. The van der Waals surface area contributed by atoms with Gasteiger partial charge in [-0.1, -0.05) is 18.9 Å². The number of aliphatic hydroxyl groups is 1. The highest BCUT2D eigenvalue weighted by atomic mass is 16.5. The largest absolute Gasteiger partial charge is 0.484 e. The van der Waals surface area contributed by atoms with Crippen LogP contribution in [0.4, 0.5) is 0 Å². The van der Waals surface area contributed by atoms with Crippen LogP contribution in [0.2, 0.25) is 0 Å². The molecular weight excluding hydrogens is 278 g/mol. The molecule has 0 saturated heterocycles. The summed E-state index contributed by atoms with van der Waals surface area (Å²) in [5.74, 6) is 0.877. The minimum absolute atomic E-state index is 0.0490. The molecule has 3 rings (SSSR count). The lowest BCUT2D eigenvalue weighted by atomic mass is 9.85. The maximum atomic E-state index is 12.1. The second kappa shape index (κ2) is 7.14. The fourth-order valence-corrected chi connectivity index (χ4v) is 3.65. The zero-order chi connectivity index (χ0) is 15.4. The smallest absolute Gasteiger partial charge is 0.258 e. The van der Waals surface area contributed by atoms with E-state index < -0.39 is 0 Å². The number of amides is 1. The van der Waals surface area contributed by atoms with Crippen LogP contribution in [0.5, 0.6) is 5.75 Å². The zero-order valence-electron chi connectivity index (χ0n) is 13.0. The molecule has 1 saturated carbocycles. The van der Waals surface area contributed by atoms with Crippen LogP contribution in [0.15, 0.2) is 18.2 Å². The van der Waals surface area contributed by atoms with Crippen molar-refractivity contribution < 1.29 is 14.6 Å². The summed E-state index contributed by atoms with van der Waals surface area (Å²) in [5, 5.41) is 12.4. The number of rotatable bonds is 5. The zero-order valence-corrected chi connectivity index (χ0v) is 13.0. The molecule has 0 radical (unpaired) electrons. The van der Waals surface area contributed by atoms with E-state index in [0.29, 0.717) is 0 Å². The average Bonchev–Trinajstić information content (AvgIpc) is 3.01. The van der Waals surface area contributed by atoms with Gasteiger partial charge in [0.05, 0.1) is 0 Å². The third-order valence-electron chi connectivity index (χ3n) is 4.93. The monoisotopic (exact) mass is 303 g/mol. The number of nitrogens with one attached hydrogen (secondary N) is 1. The van der Waals surface area contributed by atoms with Gasteiger partial charge in [0.2, 0.25) is 0 Å². The summed E-state index contributed by atoms with van der Waals surface area (Å²) in [6, 6.07) is 6.22. The normalized spacial score (nSPS) is 23.9. The molecule has 0 bridgehead atoms. The minimum Gasteiger partial charge on any atom is -0.484 e. The van der Waals surface area contributed by atoms with Crippen LogP contribution in [0.25, 0.3) is 0 Å². The van der Waals surface area contributed by atoms with E-state index in [-0.39, 0.29) is 31.1 Å². The fourth-order valence-electron chi connectivity index (χ4n) is 3.65. The Morgan fingerprint density at radius 3 is 2.86 bits per heavy atom. The summed E-state index contributed by atoms with van der Waals surface area (Å²) >= 11 is 0. The van der Waals surface area contributed by atoms with Gasteiger partial charge in [-0.2, -0.15) is 0 Å². The van der Waals surface area contributed by atoms with E-state index in [9.17, 15) is 9.90 Å². The molecule has 0 aliphatic heterocycles. The first-order valence-corrected chi connectivity index (χ1v) is 8.41. The molecule has 22 heavy (non-hydrogen) atoms. The predicted molar refractivity (Wildman–Crippen MR) is 84.9 cm³/mol. The van der Waals surface area contributed by atoms with Crippen molar-refractivity contribution in [2.24, 2.45) is 5.92 Å². The molecule has 4 heteroatoms. The molecule has 2 aliphatic rings. The fraction of sp³-hybridized carbons (Fsp3) is 0.611. The van der Waals surface area contributed by atoms with Gasteiger partial charge in [-0.15, -0.1) is 0 Å². The van der Waals surface area contributed by atoms with Gasteiger partial charge in [-0.05, 0) is 55.4 Å². The molecule has 2 atom stereocenters. The molecule has 1 amide bonds. The summed E-state index contributed by atoms with van der Waals surface area (Å²) in [5.41, 5.74) is 2.76. The summed E-state index contributed by atoms with van der Waals surface area (Å²) in [4.78, 5) is 12.1. The standard InChI is InChI=1S/C18H25NO3/c20-11-15-4-1-2-7-17(15)19-18(21)12-22-16-9-8-13-5-3-6-14(13)10-16/h8-10,15,17,20H,1-7,11-12H2,(H,19,21). The van der Waals surface area contributed by atoms with Crippen molar-refractivity contribution in [2.45, 2.75) is 51.0 Å². The van der Waals surface area contributed by atoms with Crippen LogP contribution in [0.1, 0.15) is 43.2 Å². The highest BCUT2D eigenvalue weighted by Crippen LogP contribution is 2.26. The van der Waals surface area contributed by atoms with Crippen molar-refractivity contribution in [3.63, 3.8) is 0 Å². The average molecular weight is 303 g/mol. The van der Waals surface area contributed by atoms with Crippen molar-refractivity contribution in [1.29, 1.82) is 0 Å². The molecule has 2 aliphatic carbocycles. The molecule has 2 unspecified atom stereocenters. The predicted octanol–water partition coefficient (Wildman–Crippen LogP) is 2.22. The summed E-state index contributed by atoms with van der Waals surface area (Å²) in [6.07, 6.45) is 7.68. The van der Waals surface area contributed by atoms with Gasteiger partial charge in [0, 0.05) is 18.6 Å². The number of aryl methyl sites for hydroxylation is 2. The van der Waals surface area contributed by atoms with E-state index >= 15 is 0 Å². The van der Waals surface area contributed by atoms with Crippen LogP contribution in [0, 0.1) is 5.92 Å². The Morgan fingerprint density at radius 1 is 1.18 bits per heavy atom. The lowest BCUT2D eigenvalue weighted by molar-refractivity contribution is -0.124. The molecule has 120 valence electrons. The topological polar surface area (TPSA) is 58.6 Å². The van der Waals surface area contributed by atoms with Gasteiger partial charge in [0.25, 0.3) is 5.91 Å². The maximum Gasteiger partial charge on any atom is 0.258 e. The number of fused-ring (bicyclic) bond motifs is 1. The lowest BCUT2D eigenvalue weighted by Crippen LogP contribution is -2.45. The van der Waals surface area contributed by atoms with Gasteiger partial charge >= 0.3 is 0 Å². The van der Waals surface area contributed by atoms with Crippen molar-refractivity contribution >= 4 is 5.91 Å². The second-order valence-electron chi connectivity index (χ2n) is 6.47. The quantitative estimate of drug-likeness (QED) is 0.877. The van der Waals surface area contributed by atoms with E-state index in [1.807, 2.05) is 6.07 Å². The van der Waals surface area contributed by atoms with Gasteiger partial charge in [-0.3, -0.25) is 4.79 Å². The Balaban J connectivity index is 1.49. The number of carbonyl (C=O) groups excluding carboxylic acids is 1. The van der Waals surface area contributed by atoms with Gasteiger partial charge in [-0.25, -0.2) is 0 Å². The molecular formula is C18H25NO3. The first-order valence-electron chi connectivity index (χ1n) is 8.41. The Bertz CT molecular complexity index is 529. The number of benzene rings is 1. The Morgan fingerprint density at radius 2 is 2.00 bits per heavy atom. The van der Waals surface area contributed by atoms with E-state index in [2.05, 4.69) is 17.4 Å². The Kier molecular flexibility index (Phi) is 4.98. The van der Waals surface area contributed by atoms with E-state index in [1.165, 1.54) is 17.5 Å². The van der Waals surface area contributed by atoms with Gasteiger partial charge in [0.1, 0.15) is 5.75 Å². The summed E-state index contributed by atoms with van der Waals surface area (Å²) in [6.45, 7) is 0.198. The SMILES string of the molecule is O=C(COc1ccc2c(c1)CCC2)NC1CCCCC1CO. The van der Waals surface area contributed by atoms with Crippen molar-refractivity contribution in [2.75, 3.05) is 13.2 Å². The van der Waals surface area contributed by atoms with Crippen LogP contribution in [-0.2, 0) is 17.6 Å². The molecule has 4 nitrogen and oxygen atoms in total. The third kappa shape index (κ3) is 3.61. The summed E-state index contributed by atoms with van der Waals surface area (Å²) < 4.78 is 5.63. The molecule has 0 aromatic heterocycles. The number of aliphatic hydroxyl groups excluding tert-OH is 1. The number of carbonyl (C=O) groups is 1. The number of ether oxygens (including phenoxy) is 1. The summed E-state index contributed by atoms with van der Waals surface area (Å²) in [7, 11) is 0. The van der Waals surface area contributed by atoms with E-state index in [0.717, 1.165) is 44.3 Å². The van der Waals surface area contributed by atoms with Crippen LogP contribution in [-0.4, -0.2) is 30.3 Å². The van der Waals surface area contributed by atoms with Crippen molar-refractivity contribution in [3.8, 4) is 5.75 Å². The Hall–Kier alpha value is -1.55. The third-order valence-corrected chi connectivity index (χ3v) is 4.93. The maximum absolute atomic E-state index is 12.1. The van der Waals surface area contributed by atoms with Crippen LogP contribution >= 0.6 is 0 Å². The van der Waals surface area contributed by atoms with E-state index in [1.54, 1.807) is 0 Å². The highest BCUT2D eigenvalue weighted by molar-refractivity contribution is 5.77. The first kappa shape index (κ1) is 15.3. The molecule has 0 heterocycles. The Labute approximate surface area is 131 Å². The van der Waals surface area contributed by atoms with Gasteiger partial charge < -0.3 is 15.2 Å². The molecule has 1 fully saturated rings. The molecule has 1 aromatic carbocycles. The first-order chi connectivity index (χ1) is 10.8.